The van der Waals surface area contributed by atoms with Crippen LogP contribution in [0.3, 0.4) is 0 Å². The second-order valence-corrected chi connectivity index (χ2v) is 3.40. The number of hydrogen-bond acceptors (Lipinski definition) is 6. The van der Waals surface area contributed by atoms with Gasteiger partial charge >= 0.3 is 12.0 Å². The Morgan fingerprint density at radius 3 is 2.94 bits per heavy atom. The average Bonchev–Trinajstić information content (AvgIpc) is 2.89. The van der Waals surface area contributed by atoms with Gasteiger partial charge in [-0.25, -0.2) is 4.79 Å². The molecular formula is C8H11N3O5. The van der Waals surface area contributed by atoms with Gasteiger partial charge in [0.2, 0.25) is 0 Å². The van der Waals surface area contributed by atoms with Gasteiger partial charge in [-0.1, -0.05) is 0 Å². The minimum absolute atomic E-state index is 0.0421. The smallest absolute Gasteiger partial charge is 0.387 e. The van der Waals surface area contributed by atoms with E-state index in [1.807, 2.05) is 0 Å². The number of carbonyl (C=O) groups excluding carboxylic acids is 1. The molecule has 0 bridgehead atoms. The number of nitrogens with zero attached hydrogens (tertiary/aromatic N) is 3. The number of carbonyl (C=O) groups is 1. The minimum Gasteiger partial charge on any atom is -0.387 e. The molecule has 1 aliphatic rings. The van der Waals surface area contributed by atoms with Gasteiger partial charge in [0.25, 0.3) is 5.69 Å². The van der Waals surface area contributed by atoms with Crippen molar-refractivity contribution in [3.8, 4) is 5.88 Å². The molecule has 2 heterocycles. The van der Waals surface area contributed by atoms with Crippen molar-refractivity contribution in [2.75, 3.05) is 13.1 Å². The fourth-order valence-corrected chi connectivity index (χ4v) is 1.51. The molecule has 0 aliphatic carbocycles. The summed E-state index contributed by atoms with van der Waals surface area (Å²) in [5, 5.41) is 23.1. The van der Waals surface area contributed by atoms with E-state index in [0.29, 0.717) is 13.1 Å². The molecule has 8 nitrogen and oxygen atoms in total. The number of aromatic nitrogens is 2. The van der Waals surface area contributed by atoms with Gasteiger partial charge < -0.3 is 20.0 Å². The molecule has 0 saturated carbocycles. The number of ether oxygens (including phenoxy) is 1. The molecule has 1 aromatic rings. The molecule has 0 radical (unpaired) electrons. The summed E-state index contributed by atoms with van der Waals surface area (Å²) in [6.07, 6.45) is 1.21. The second-order valence-electron chi connectivity index (χ2n) is 3.40. The van der Waals surface area contributed by atoms with E-state index in [1.54, 1.807) is 0 Å². The lowest BCUT2D eigenvalue weighted by molar-refractivity contribution is -0.804. The van der Waals surface area contributed by atoms with Crippen LogP contribution in [0, 0.1) is 5.21 Å². The van der Waals surface area contributed by atoms with Crippen molar-refractivity contribution in [3.05, 3.63) is 10.9 Å². The zero-order chi connectivity index (χ0) is 11.5. The van der Waals surface area contributed by atoms with Crippen LogP contribution in [0.15, 0.2) is 4.63 Å². The first-order chi connectivity index (χ1) is 7.72. The lowest BCUT2D eigenvalue weighted by Gasteiger charge is -2.12. The maximum atomic E-state index is 11.5. The molecule has 0 aromatic carbocycles. The molecular weight excluding hydrogens is 218 g/mol. The maximum Gasteiger partial charge on any atom is 0.418 e. The Bertz CT molecular complexity index is 385. The molecule has 1 N–H and O–H groups in total. The van der Waals surface area contributed by atoms with Crippen LogP contribution in [0.25, 0.3) is 0 Å². The molecule has 1 fully saturated rings. The molecule has 2 rings (SSSR count). The molecule has 0 unspecified atom stereocenters. The lowest BCUT2D eigenvalue weighted by atomic mass is 10.4. The molecule has 1 amide bonds. The minimum atomic E-state index is -0.625. The summed E-state index contributed by atoms with van der Waals surface area (Å²) in [6.45, 7) is 0.691. The first-order valence-electron chi connectivity index (χ1n) is 4.88. The number of rotatable bonds is 2. The van der Waals surface area contributed by atoms with E-state index in [1.165, 1.54) is 4.90 Å². The van der Waals surface area contributed by atoms with Gasteiger partial charge in [0.15, 0.2) is 0 Å². The molecule has 88 valence electrons. The van der Waals surface area contributed by atoms with Crippen molar-refractivity contribution < 1.29 is 24.2 Å². The zero-order valence-corrected chi connectivity index (χ0v) is 8.46. The third kappa shape index (κ3) is 1.91. The van der Waals surface area contributed by atoms with E-state index in [4.69, 9.17) is 9.84 Å². The Balaban J connectivity index is 2.07. The van der Waals surface area contributed by atoms with Crippen LogP contribution in [0.5, 0.6) is 5.88 Å². The molecule has 8 heteroatoms. The van der Waals surface area contributed by atoms with Crippen LogP contribution in [0.4, 0.5) is 4.79 Å². The average molecular weight is 229 g/mol. The Kier molecular flexibility index (Phi) is 2.91. The quantitative estimate of drug-likeness (QED) is 0.679. The largest absolute Gasteiger partial charge is 0.418 e. The predicted octanol–water partition coefficient (Wildman–Crippen LogP) is -0.605. The molecule has 1 saturated heterocycles. The molecule has 0 spiro atoms. The van der Waals surface area contributed by atoms with Gasteiger partial charge in [0, 0.05) is 18.2 Å². The molecule has 0 atom stereocenters. The van der Waals surface area contributed by atoms with Crippen molar-refractivity contribution in [3.63, 3.8) is 0 Å². The van der Waals surface area contributed by atoms with Gasteiger partial charge in [-0.05, 0) is 17.7 Å². The summed E-state index contributed by atoms with van der Waals surface area (Å²) >= 11 is 0. The van der Waals surface area contributed by atoms with Gasteiger partial charge in [-0.2, -0.15) is 0 Å². The van der Waals surface area contributed by atoms with Gasteiger partial charge in [0.1, 0.15) is 6.61 Å². The standard InChI is InChI=1S/C8H11N3O5/c12-5-6-7(11(14)16-9-6)15-8(13)10-3-1-2-4-10/h12H,1-5H2. The highest BCUT2D eigenvalue weighted by Gasteiger charge is 2.27. The first-order valence-corrected chi connectivity index (χ1v) is 4.88. The van der Waals surface area contributed by atoms with Crippen LogP contribution in [-0.2, 0) is 6.61 Å². The van der Waals surface area contributed by atoms with Crippen molar-refractivity contribution in [2.24, 2.45) is 0 Å². The van der Waals surface area contributed by atoms with E-state index in [2.05, 4.69) is 9.79 Å². The van der Waals surface area contributed by atoms with Crippen LogP contribution < -0.4 is 9.64 Å². The van der Waals surface area contributed by atoms with Gasteiger partial charge in [-0.3, -0.25) is 4.63 Å². The third-order valence-corrected chi connectivity index (χ3v) is 2.34. The van der Waals surface area contributed by atoms with Gasteiger partial charge in [0.05, 0.1) is 0 Å². The van der Waals surface area contributed by atoms with Crippen molar-refractivity contribution in [2.45, 2.75) is 19.4 Å². The van der Waals surface area contributed by atoms with Gasteiger partial charge in [-0.15, -0.1) is 0 Å². The highest BCUT2D eigenvalue weighted by molar-refractivity contribution is 5.70. The topological polar surface area (TPSA) is 103 Å². The third-order valence-electron chi connectivity index (χ3n) is 2.34. The van der Waals surface area contributed by atoms with E-state index in [9.17, 15) is 10.0 Å². The second kappa shape index (κ2) is 4.35. The van der Waals surface area contributed by atoms with Crippen molar-refractivity contribution in [1.82, 2.24) is 10.1 Å². The van der Waals surface area contributed by atoms with Crippen molar-refractivity contribution >= 4 is 6.09 Å². The number of amides is 1. The summed E-state index contributed by atoms with van der Waals surface area (Å²) in [5.41, 5.74) is -0.0949. The zero-order valence-electron chi connectivity index (χ0n) is 8.46. The molecule has 16 heavy (non-hydrogen) atoms. The first kappa shape index (κ1) is 10.7. The summed E-state index contributed by atoms with van der Waals surface area (Å²) < 4.78 is 9.02. The van der Waals surface area contributed by atoms with E-state index >= 15 is 0 Å². The summed E-state index contributed by atoms with van der Waals surface area (Å²) in [4.78, 5) is 13.0. The van der Waals surface area contributed by atoms with Crippen LogP contribution in [-0.4, -0.2) is 34.3 Å². The normalized spacial score (nSPS) is 15.4. The highest BCUT2D eigenvalue weighted by atomic mass is 16.8. The van der Waals surface area contributed by atoms with Crippen LogP contribution in [0.1, 0.15) is 18.5 Å². The lowest BCUT2D eigenvalue weighted by Crippen LogP contribution is -2.35. The number of aliphatic hydroxyl groups is 1. The van der Waals surface area contributed by atoms with Crippen LogP contribution in [0.2, 0.25) is 0 Å². The number of hydrogen-bond donors (Lipinski definition) is 1. The number of aliphatic hydroxyl groups excluding tert-OH is 1. The Hall–Kier alpha value is -1.83. The number of likely N-dealkylation sites (tertiary alicyclic amines) is 1. The van der Waals surface area contributed by atoms with Crippen LogP contribution >= 0.6 is 0 Å². The Labute approximate surface area is 90.5 Å². The summed E-state index contributed by atoms with van der Waals surface area (Å²) in [5.74, 6) is -0.403. The van der Waals surface area contributed by atoms with E-state index in [-0.39, 0.29) is 10.6 Å². The van der Waals surface area contributed by atoms with E-state index < -0.39 is 18.6 Å². The molecule has 1 aliphatic heterocycles. The fraction of sp³-hybridized carbons (Fsp3) is 0.625. The molecule has 1 aromatic heterocycles. The summed E-state index contributed by atoms with van der Waals surface area (Å²) in [6, 6.07) is 0. The Morgan fingerprint density at radius 1 is 1.62 bits per heavy atom. The highest BCUT2D eigenvalue weighted by Crippen LogP contribution is 2.14. The fourth-order valence-electron chi connectivity index (χ4n) is 1.51. The summed E-state index contributed by atoms with van der Waals surface area (Å²) in [7, 11) is 0. The maximum absolute atomic E-state index is 11.5. The van der Waals surface area contributed by atoms with Crippen molar-refractivity contribution in [1.29, 1.82) is 0 Å². The predicted molar refractivity (Wildman–Crippen MR) is 48.2 cm³/mol. The SMILES string of the molecule is O=C(Oc1c(CO)no[n+]1[O-])N1CCCC1. The Morgan fingerprint density at radius 2 is 2.31 bits per heavy atom. The monoisotopic (exact) mass is 229 g/mol. The van der Waals surface area contributed by atoms with E-state index in [0.717, 1.165) is 12.8 Å².